The molecule has 2 atom stereocenters. The predicted molar refractivity (Wildman–Crippen MR) is 73.9 cm³/mol. The Morgan fingerprint density at radius 3 is 2.31 bits per heavy atom. The van der Waals surface area contributed by atoms with E-state index in [1.807, 2.05) is 0 Å². The molecule has 1 N–H and O–H groups in total. The highest BCUT2D eigenvalue weighted by Crippen LogP contribution is 2.27. The molecule has 0 aromatic heterocycles. The second-order valence-electron chi connectivity index (χ2n) is 5.74. The predicted octanol–water partition coefficient (Wildman–Crippen LogP) is 3.74. The number of halogens is 1. The lowest BCUT2D eigenvalue weighted by Crippen LogP contribution is -2.29. The molecule has 0 aliphatic carbocycles. The van der Waals surface area contributed by atoms with Crippen molar-refractivity contribution in [3.63, 3.8) is 0 Å². The third-order valence-corrected chi connectivity index (χ3v) is 3.53. The number of hydrogen-bond donors (Lipinski definition) is 1. The highest BCUT2D eigenvalue weighted by molar-refractivity contribution is 9.09. The van der Waals surface area contributed by atoms with Crippen LogP contribution in [0.15, 0.2) is 0 Å². The standard InChI is InChI=1S/C13H26BrNO/c1-10(13(3,4)5)9-12(16)15-8-6-7-11(2)14/h10-11H,6-9H2,1-5H3,(H,15,16). The summed E-state index contributed by atoms with van der Waals surface area (Å²) in [7, 11) is 0. The Kier molecular flexibility index (Phi) is 7.29. The quantitative estimate of drug-likeness (QED) is 0.586. The van der Waals surface area contributed by atoms with Crippen LogP contribution >= 0.6 is 15.9 Å². The fraction of sp³-hybridized carbons (Fsp3) is 0.923. The highest BCUT2D eigenvalue weighted by Gasteiger charge is 2.22. The molecule has 0 saturated heterocycles. The van der Waals surface area contributed by atoms with Gasteiger partial charge in [-0.3, -0.25) is 4.79 Å². The summed E-state index contributed by atoms with van der Waals surface area (Å²) >= 11 is 3.50. The molecule has 0 aliphatic rings. The van der Waals surface area contributed by atoms with E-state index in [0.29, 0.717) is 17.2 Å². The molecule has 0 radical (unpaired) electrons. The molecule has 0 aliphatic heterocycles. The van der Waals surface area contributed by atoms with Gasteiger partial charge in [0.05, 0.1) is 0 Å². The average Bonchev–Trinajstić information content (AvgIpc) is 2.10. The summed E-state index contributed by atoms with van der Waals surface area (Å²) in [4.78, 5) is 12.2. The van der Waals surface area contributed by atoms with Crippen LogP contribution in [-0.2, 0) is 4.79 Å². The zero-order chi connectivity index (χ0) is 12.8. The smallest absolute Gasteiger partial charge is 0.220 e. The molecule has 3 heteroatoms. The first-order chi connectivity index (χ1) is 7.23. The van der Waals surface area contributed by atoms with Gasteiger partial charge >= 0.3 is 0 Å². The van der Waals surface area contributed by atoms with Crippen molar-refractivity contribution in [1.29, 1.82) is 0 Å². The maximum atomic E-state index is 11.6. The van der Waals surface area contributed by atoms with Crippen LogP contribution < -0.4 is 5.32 Å². The minimum Gasteiger partial charge on any atom is -0.356 e. The topological polar surface area (TPSA) is 29.1 Å². The fourth-order valence-corrected chi connectivity index (χ4v) is 1.59. The number of alkyl halides is 1. The molecule has 16 heavy (non-hydrogen) atoms. The molecule has 2 unspecified atom stereocenters. The highest BCUT2D eigenvalue weighted by atomic mass is 79.9. The average molecular weight is 292 g/mol. The number of nitrogens with one attached hydrogen (secondary N) is 1. The van der Waals surface area contributed by atoms with Crippen LogP contribution in [0.5, 0.6) is 0 Å². The summed E-state index contributed by atoms with van der Waals surface area (Å²) < 4.78 is 0. The van der Waals surface area contributed by atoms with E-state index in [0.717, 1.165) is 19.4 Å². The summed E-state index contributed by atoms with van der Waals surface area (Å²) in [6.07, 6.45) is 2.78. The molecule has 96 valence electrons. The maximum Gasteiger partial charge on any atom is 0.220 e. The van der Waals surface area contributed by atoms with Gasteiger partial charge in [-0.15, -0.1) is 0 Å². The molecular formula is C13H26BrNO. The van der Waals surface area contributed by atoms with Crippen molar-refractivity contribution in [3.8, 4) is 0 Å². The number of carbonyl (C=O) groups is 1. The van der Waals surface area contributed by atoms with Gasteiger partial charge in [0, 0.05) is 17.8 Å². The summed E-state index contributed by atoms with van der Waals surface area (Å²) in [6.45, 7) is 11.6. The van der Waals surface area contributed by atoms with Gasteiger partial charge in [0.25, 0.3) is 0 Å². The van der Waals surface area contributed by atoms with Crippen molar-refractivity contribution in [2.24, 2.45) is 11.3 Å². The van der Waals surface area contributed by atoms with E-state index in [-0.39, 0.29) is 11.3 Å². The number of rotatable bonds is 6. The van der Waals surface area contributed by atoms with Gasteiger partial charge in [-0.2, -0.15) is 0 Å². The third-order valence-electron chi connectivity index (χ3n) is 3.07. The zero-order valence-electron chi connectivity index (χ0n) is 11.3. The van der Waals surface area contributed by atoms with Crippen molar-refractivity contribution in [2.75, 3.05) is 6.54 Å². The summed E-state index contributed by atoms with van der Waals surface area (Å²) in [5, 5.41) is 2.98. The van der Waals surface area contributed by atoms with E-state index in [1.54, 1.807) is 0 Å². The molecule has 0 heterocycles. The van der Waals surface area contributed by atoms with E-state index in [1.165, 1.54) is 0 Å². The minimum atomic E-state index is 0.185. The van der Waals surface area contributed by atoms with Crippen LogP contribution in [0.25, 0.3) is 0 Å². The van der Waals surface area contributed by atoms with Crippen LogP contribution in [0.2, 0.25) is 0 Å². The Morgan fingerprint density at radius 1 is 1.31 bits per heavy atom. The Labute approximate surface area is 109 Å². The number of carbonyl (C=O) groups excluding carboxylic acids is 1. The van der Waals surface area contributed by atoms with Crippen LogP contribution in [-0.4, -0.2) is 17.3 Å². The largest absolute Gasteiger partial charge is 0.356 e. The van der Waals surface area contributed by atoms with E-state index >= 15 is 0 Å². The zero-order valence-corrected chi connectivity index (χ0v) is 12.9. The van der Waals surface area contributed by atoms with Gasteiger partial charge in [-0.05, 0) is 24.2 Å². The normalized spacial score (nSPS) is 15.6. The molecule has 0 spiro atoms. The van der Waals surface area contributed by atoms with Crippen LogP contribution in [0.3, 0.4) is 0 Å². The summed E-state index contributed by atoms with van der Waals surface area (Å²) in [5.74, 6) is 0.604. The second-order valence-corrected chi connectivity index (χ2v) is 7.31. The Bertz CT molecular complexity index is 208. The van der Waals surface area contributed by atoms with E-state index < -0.39 is 0 Å². The Balaban J connectivity index is 3.67. The minimum absolute atomic E-state index is 0.185. The SMILES string of the molecule is CC(Br)CCCNC(=O)CC(C)C(C)(C)C. The van der Waals surface area contributed by atoms with Crippen molar-refractivity contribution < 1.29 is 4.79 Å². The molecule has 2 nitrogen and oxygen atoms in total. The molecule has 0 rings (SSSR count). The lowest BCUT2D eigenvalue weighted by molar-refractivity contribution is -0.122. The summed E-state index contributed by atoms with van der Waals surface area (Å²) in [5.41, 5.74) is 0.210. The van der Waals surface area contributed by atoms with Gasteiger partial charge in [0.2, 0.25) is 5.91 Å². The van der Waals surface area contributed by atoms with Crippen molar-refractivity contribution in [2.45, 2.75) is 58.7 Å². The van der Waals surface area contributed by atoms with Crippen molar-refractivity contribution >= 4 is 21.8 Å². The van der Waals surface area contributed by atoms with Gasteiger partial charge in [0.15, 0.2) is 0 Å². The second kappa shape index (κ2) is 7.31. The van der Waals surface area contributed by atoms with E-state index in [4.69, 9.17) is 0 Å². The van der Waals surface area contributed by atoms with Gasteiger partial charge in [-0.1, -0.05) is 50.5 Å². The third kappa shape index (κ3) is 8.14. The molecule has 0 fully saturated rings. The van der Waals surface area contributed by atoms with Crippen molar-refractivity contribution in [3.05, 3.63) is 0 Å². The monoisotopic (exact) mass is 291 g/mol. The Hall–Kier alpha value is -0.0500. The molecule has 1 amide bonds. The van der Waals surface area contributed by atoms with Crippen molar-refractivity contribution in [1.82, 2.24) is 5.32 Å². The Morgan fingerprint density at radius 2 is 1.88 bits per heavy atom. The molecule has 0 saturated carbocycles. The first kappa shape index (κ1) is 16.0. The lowest BCUT2D eigenvalue weighted by Gasteiger charge is -2.26. The fourth-order valence-electron chi connectivity index (χ4n) is 1.27. The van der Waals surface area contributed by atoms with Gasteiger partial charge in [0.1, 0.15) is 0 Å². The first-order valence-corrected chi connectivity index (χ1v) is 7.05. The molecule has 0 aromatic carbocycles. The molecule has 0 bridgehead atoms. The van der Waals surface area contributed by atoms with Crippen LogP contribution in [0.4, 0.5) is 0 Å². The van der Waals surface area contributed by atoms with E-state index in [2.05, 4.69) is 55.9 Å². The van der Waals surface area contributed by atoms with Crippen LogP contribution in [0, 0.1) is 11.3 Å². The summed E-state index contributed by atoms with van der Waals surface area (Å²) in [6, 6.07) is 0. The molecular weight excluding hydrogens is 266 g/mol. The maximum absolute atomic E-state index is 11.6. The van der Waals surface area contributed by atoms with Crippen LogP contribution in [0.1, 0.15) is 53.9 Å². The lowest BCUT2D eigenvalue weighted by atomic mass is 9.80. The van der Waals surface area contributed by atoms with E-state index in [9.17, 15) is 4.79 Å². The van der Waals surface area contributed by atoms with Gasteiger partial charge in [-0.25, -0.2) is 0 Å². The van der Waals surface area contributed by atoms with Gasteiger partial charge < -0.3 is 5.32 Å². The first-order valence-electron chi connectivity index (χ1n) is 6.14. The number of amides is 1. The molecule has 0 aromatic rings. The number of hydrogen-bond acceptors (Lipinski definition) is 1.